The van der Waals surface area contributed by atoms with Crippen molar-refractivity contribution in [1.82, 2.24) is 4.90 Å². The maximum atomic E-state index is 12.1. The molecule has 7 rings (SSSR count). The first kappa shape index (κ1) is 28.8. The van der Waals surface area contributed by atoms with Gasteiger partial charge in [-0.3, -0.25) is 9.69 Å². The van der Waals surface area contributed by atoms with E-state index in [-0.39, 0.29) is 6.10 Å². The predicted octanol–water partition coefficient (Wildman–Crippen LogP) is 8.60. The summed E-state index contributed by atoms with van der Waals surface area (Å²) in [5.74, 6) is 0.170. The van der Waals surface area contributed by atoms with Gasteiger partial charge in [0.1, 0.15) is 17.4 Å². The summed E-state index contributed by atoms with van der Waals surface area (Å²) in [7, 11) is 0. The fourth-order valence-corrected chi connectivity index (χ4v) is 6.39. The minimum atomic E-state index is -0.796. The molecule has 6 aromatic rings. The molecule has 5 heteroatoms. The molecule has 1 aliphatic rings. The highest BCUT2D eigenvalue weighted by Crippen LogP contribution is 2.37. The first-order valence-corrected chi connectivity index (χ1v) is 15.5. The Bertz CT molecular complexity index is 1880. The third-order valence-electron chi connectivity index (χ3n) is 8.70. The van der Waals surface area contributed by atoms with Crippen molar-refractivity contribution in [1.29, 1.82) is 0 Å². The summed E-state index contributed by atoms with van der Waals surface area (Å²) in [6.45, 7) is 1.66. The fraction of sp³-hybridized carbons (Fsp3) is 0.175. The molecule has 2 atom stereocenters. The van der Waals surface area contributed by atoms with Gasteiger partial charge in [0.15, 0.2) is 0 Å². The zero-order chi connectivity index (χ0) is 30.6. The molecule has 2 heterocycles. The van der Waals surface area contributed by atoms with Gasteiger partial charge < -0.3 is 14.3 Å². The number of carboxylic acid groups (broad SMARTS) is 1. The molecule has 0 spiro atoms. The normalized spacial score (nSPS) is 16.7. The number of carboxylic acids is 1. The Hall–Kier alpha value is -4.97. The zero-order valence-electron chi connectivity index (χ0n) is 25.0. The third-order valence-corrected chi connectivity index (χ3v) is 8.70. The molecule has 0 aliphatic carbocycles. The number of benzene rings is 5. The van der Waals surface area contributed by atoms with Gasteiger partial charge in [0.25, 0.3) is 0 Å². The van der Waals surface area contributed by atoms with E-state index in [1.165, 1.54) is 5.56 Å². The molecule has 1 N–H and O–H groups in total. The van der Waals surface area contributed by atoms with Crippen LogP contribution < -0.4 is 0 Å². The Morgan fingerprint density at radius 3 is 2.00 bits per heavy atom. The van der Waals surface area contributed by atoms with Crippen LogP contribution in [0.5, 0.6) is 0 Å². The summed E-state index contributed by atoms with van der Waals surface area (Å²) >= 11 is 0. The Balaban J connectivity index is 1.05. The highest BCUT2D eigenvalue weighted by atomic mass is 16.5. The Labute approximate surface area is 263 Å². The van der Waals surface area contributed by atoms with E-state index in [9.17, 15) is 9.90 Å². The van der Waals surface area contributed by atoms with Gasteiger partial charge in [0, 0.05) is 36.9 Å². The Morgan fingerprint density at radius 2 is 1.31 bits per heavy atom. The molecule has 0 unspecified atom stereocenters. The molecule has 0 saturated carbocycles. The number of para-hydroxylation sites is 1. The molecule has 0 bridgehead atoms. The predicted molar refractivity (Wildman–Crippen MR) is 178 cm³/mol. The quantitative estimate of drug-likeness (QED) is 0.172. The van der Waals surface area contributed by atoms with Gasteiger partial charge in [-0.15, -0.1) is 0 Å². The van der Waals surface area contributed by atoms with Crippen LogP contribution in [-0.2, 0) is 29.1 Å². The number of carbonyl (C=O) groups is 1. The highest BCUT2D eigenvalue weighted by Gasteiger charge is 2.37. The fourth-order valence-electron chi connectivity index (χ4n) is 6.39. The van der Waals surface area contributed by atoms with Crippen molar-refractivity contribution in [3.8, 4) is 22.3 Å². The van der Waals surface area contributed by atoms with Crippen LogP contribution >= 0.6 is 0 Å². The first-order valence-electron chi connectivity index (χ1n) is 15.5. The number of likely N-dealkylation sites (tertiary alicyclic amines) is 1. The summed E-state index contributed by atoms with van der Waals surface area (Å²) in [6, 6.07) is 45.2. The van der Waals surface area contributed by atoms with E-state index in [1.54, 1.807) is 0 Å². The number of nitrogens with zero attached hydrogens (tertiary/aromatic N) is 1. The molecule has 1 saturated heterocycles. The molecule has 1 aromatic heterocycles. The van der Waals surface area contributed by atoms with Crippen molar-refractivity contribution >= 4 is 16.9 Å². The summed E-state index contributed by atoms with van der Waals surface area (Å²) in [5.41, 5.74) is 8.81. The van der Waals surface area contributed by atoms with Crippen molar-refractivity contribution in [2.24, 2.45) is 0 Å². The average Bonchev–Trinajstić information content (AvgIpc) is 3.66. The van der Waals surface area contributed by atoms with Crippen molar-refractivity contribution in [3.05, 3.63) is 156 Å². The molecule has 5 nitrogen and oxygen atoms in total. The number of rotatable bonds is 10. The number of aliphatic carboxylic acids is 1. The molecular weight excluding hydrogens is 558 g/mol. The maximum absolute atomic E-state index is 12.1. The number of hydrogen-bond acceptors (Lipinski definition) is 4. The van der Waals surface area contributed by atoms with Gasteiger partial charge >= 0.3 is 5.97 Å². The maximum Gasteiger partial charge on any atom is 0.321 e. The Kier molecular flexibility index (Phi) is 8.28. The van der Waals surface area contributed by atoms with Crippen LogP contribution in [0.15, 0.2) is 138 Å². The van der Waals surface area contributed by atoms with Gasteiger partial charge in [-0.25, -0.2) is 0 Å². The van der Waals surface area contributed by atoms with Crippen LogP contribution in [0.3, 0.4) is 0 Å². The summed E-state index contributed by atoms with van der Waals surface area (Å²) in [6.07, 6.45) is 1.11. The smallest absolute Gasteiger partial charge is 0.321 e. The number of hydrogen-bond donors (Lipinski definition) is 1. The minimum Gasteiger partial charge on any atom is -0.480 e. The second-order valence-corrected chi connectivity index (χ2v) is 11.8. The van der Waals surface area contributed by atoms with Crippen LogP contribution in [0.25, 0.3) is 33.2 Å². The highest BCUT2D eigenvalue weighted by molar-refractivity contribution is 5.96. The van der Waals surface area contributed by atoms with Crippen molar-refractivity contribution in [3.63, 3.8) is 0 Å². The van der Waals surface area contributed by atoms with Crippen LogP contribution in [0, 0.1) is 0 Å². The largest absolute Gasteiger partial charge is 0.480 e. The van der Waals surface area contributed by atoms with E-state index in [0.717, 1.165) is 56.5 Å². The standard InChI is InChI=1S/C40H35NO4/c42-40(43)36-24-34(44-27-30-11-5-2-6-12-30)26-41(36)25-29-15-17-31(18-16-29)32-19-21-33(22-20-32)39-35-13-7-8-14-37(35)45-38(39)23-28-9-3-1-4-10-28/h1-22,34,36H,23-27H2,(H,42,43)/t34-,36+/m1/s1. The van der Waals surface area contributed by atoms with E-state index in [1.807, 2.05) is 53.4 Å². The lowest BCUT2D eigenvalue weighted by atomic mass is 9.96. The van der Waals surface area contributed by atoms with Crippen LogP contribution in [-0.4, -0.2) is 34.7 Å². The molecule has 224 valence electrons. The summed E-state index contributed by atoms with van der Waals surface area (Å²) in [5, 5.41) is 11.0. The van der Waals surface area contributed by atoms with Gasteiger partial charge in [-0.2, -0.15) is 0 Å². The van der Waals surface area contributed by atoms with Gasteiger partial charge in [0.2, 0.25) is 0 Å². The third kappa shape index (κ3) is 6.46. The second kappa shape index (κ2) is 12.9. The van der Waals surface area contributed by atoms with Crippen LogP contribution in [0.4, 0.5) is 0 Å². The topological polar surface area (TPSA) is 62.9 Å². The summed E-state index contributed by atoms with van der Waals surface area (Å²) in [4.78, 5) is 14.1. The second-order valence-electron chi connectivity index (χ2n) is 11.8. The minimum absolute atomic E-state index is 0.107. The van der Waals surface area contributed by atoms with Crippen LogP contribution in [0.2, 0.25) is 0 Å². The first-order chi connectivity index (χ1) is 22.1. The number of fused-ring (bicyclic) bond motifs is 1. The molecule has 45 heavy (non-hydrogen) atoms. The molecule has 5 aromatic carbocycles. The van der Waals surface area contributed by atoms with Gasteiger partial charge in [-0.1, -0.05) is 127 Å². The van der Waals surface area contributed by atoms with E-state index in [0.29, 0.717) is 26.1 Å². The molecular formula is C40H35NO4. The average molecular weight is 594 g/mol. The van der Waals surface area contributed by atoms with Crippen molar-refractivity contribution in [2.45, 2.75) is 38.1 Å². The number of furan rings is 1. The lowest BCUT2D eigenvalue weighted by molar-refractivity contribution is -0.142. The molecule has 0 radical (unpaired) electrons. The molecule has 0 amide bonds. The van der Waals surface area contributed by atoms with Crippen LogP contribution in [0.1, 0.15) is 28.9 Å². The summed E-state index contributed by atoms with van der Waals surface area (Å²) < 4.78 is 12.5. The lowest BCUT2D eigenvalue weighted by Crippen LogP contribution is -2.35. The molecule has 1 fully saturated rings. The van der Waals surface area contributed by atoms with Crippen molar-refractivity contribution < 1.29 is 19.1 Å². The van der Waals surface area contributed by atoms with E-state index in [4.69, 9.17) is 9.15 Å². The number of ether oxygens (including phenoxy) is 1. The van der Waals surface area contributed by atoms with Gasteiger partial charge in [-0.05, 0) is 39.4 Å². The Morgan fingerprint density at radius 1 is 0.711 bits per heavy atom. The van der Waals surface area contributed by atoms with E-state index < -0.39 is 12.0 Å². The SMILES string of the molecule is O=C(O)[C@@H]1C[C@@H](OCc2ccccc2)CN1Cc1ccc(-c2ccc(-c3c(Cc4ccccc4)oc4ccccc34)cc2)cc1. The lowest BCUT2D eigenvalue weighted by Gasteiger charge is -2.21. The van der Waals surface area contributed by atoms with Gasteiger partial charge in [0.05, 0.1) is 12.7 Å². The zero-order valence-corrected chi connectivity index (χ0v) is 25.0. The van der Waals surface area contributed by atoms with E-state index in [2.05, 4.69) is 84.9 Å². The van der Waals surface area contributed by atoms with Crippen molar-refractivity contribution in [2.75, 3.05) is 6.54 Å². The molecule has 1 aliphatic heterocycles. The van der Waals surface area contributed by atoms with E-state index >= 15 is 0 Å². The monoisotopic (exact) mass is 593 g/mol.